The van der Waals surface area contributed by atoms with Crippen LogP contribution in [0.5, 0.6) is 0 Å². The van der Waals surface area contributed by atoms with Gasteiger partial charge in [-0.25, -0.2) is 4.98 Å². The summed E-state index contributed by atoms with van der Waals surface area (Å²) in [6.07, 6.45) is 1.85. The summed E-state index contributed by atoms with van der Waals surface area (Å²) in [6.45, 7) is 7.01. The molecule has 0 N–H and O–H groups in total. The number of ether oxygens (including phenoxy) is 1. The lowest BCUT2D eigenvalue weighted by molar-refractivity contribution is -0.130. The Hall–Kier alpha value is -1.57. The number of rotatable bonds is 7. The number of thioether (sulfide) groups is 1. The quantitative estimate of drug-likeness (QED) is 0.375. The highest BCUT2D eigenvalue weighted by Gasteiger charge is 2.25. The van der Waals surface area contributed by atoms with E-state index in [1.807, 2.05) is 4.90 Å². The van der Waals surface area contributed by atoms with Gasteiger partial charge in [0.1, 0.15) is 0 Å². The highest BCUT2D eigenvalue weighted by molar-refractivity contribution is 7.99. The van der Waals surface area contributed by atoms with Crippen LogP contribution in [0.2, 0.25) is 5.02 Å². The van der Waals surface area contributed by atoms with E-state index < -0.39 is 0 Å². The van der Waals surface area contributed by atoms with Crippen LogP contribution < -0.4 is 5.56 Å². The molecule has 3 rings (SSSR count). The Morgan fingerprint density at radius 3 is 2.72 bits per heavy atom. The smallest absolute Gasteiger partial charge is 0.262 e. The van der Waals surface area contributed by atoms with Gasteiger partial charge in [0.2, 0.25) is 5.91 Å². The van der Waals surface area contributed by atoms with Gasteiger partial charge in [-0.05, 0) is 42.9 Å². The maximum Gasteiger partial charge on any atom is 0.262 e. The van der Waals surface area contributed by atoms with Crippen LogP contribution in [-0.2, 0) is 16.1 Å². The molecule has 1 fully saturated rings. The Labute approximate surface area is 180 Å². The van der Waals surface area contributed by atoms with Crippen LogP contribution in [0.25, 0.3) is 10.9 Å². The summed E-state index contributed by atoms with van der Waals surface area (Å²) in [7, 11) is 1.64. The third-order valence-electron chi connectivity index (χ3n) is 5.16. The molecule has 0 saturated carbocycles. The SMILES string of the molecule is COCCCn1c(SCC(=O)N2CC(C)CC(C)C2)nc2cc(Cl)ccc2c1=O. The number of carbonyl (C=O) groups is 1. The van der Waals surface area contributed by atoms with Crippen molar-refractivity contribution < 1.29 is 9.53 Å². The van der Waals surface area contributed by atoms with Gasteiger partial charge < -0.3 is 9.64 Å². The summed E-state index contributed by atoms with van der Waals surface area (Å²) in [4.78, 5) is 32.4. The van der Waals surface area contributed by atoms with E-state index in [9.17, 15) is 9.59 Å². The molecule has 1 aromatic carbocycles. The number of hydrogen-bond acceptors (Lipinski definition) is 5. The monoisotopic (exact) mass is 437 g/mol. The second kappa shape index (κ2) is 9.96. The minimum Gasteiger partial charge on any atom is -0.385 e. The summed E-state index contributed by atoms with van der Waals surface area (Å²) in [5.41, 5.74) is 0.443. The minimum atomic E-state index is -0.113. The van der Waals surface area contributed by atoms with Gasteiger partial charge in [0.15, 0.2) is 5.16 Å². The van der Waals surface area contributed by atoms with Crippen molar-refractivity contribution >= 4 is 40.2 Å². The number of amides is 1. The molecular weight excluding hydrogens is 410 g/mol. The molecule has 1 saturated heterocycles. The average Bonchev–Trinajstić information content (AvgIpc) is 2.67. The van der Waals surface area contributed by atoms with Crippen LogP contribution in [0.3, 0.4) is 0 Å². The van der Waals surface area contributed by atoms with Crippen LogP contribution >= 0.6 is 23.4 Å². The van der Waals surface area contributed by atoms with E-state index in [2.05, 4.69) is 18.8 Å². The van der Waals surface area contributed by atoms with E-state index in [0.717, 1.165) is 19.5 Å². The van der Waals surface area contributed by atoms with Gasteiger partial charge in [0.05, 0.1) is 16.7 Å². The minimum absolute atomic E-state index is 0.0947. The first-order chi connectivity index (χ1) is 13.9. The standard InChI is InChI=1S/C21H28ClN3O3S/c1-14-9-15(2)12-24(11-14)19(26)13-29-21-23-18-10-16(22)5-6-17(18)20(27)25(21)7-4-8-28-3/h5-6,10,14-15H,4,7-9,11-13H2,1-3H3. The van der Waals surface area contributed by atoms with Crippen LogP contribution in [0.1, 0.15) is 26.7 Å². The van der Waals surface area contributed by atoms with Crippen molar-refractivity contribution in [2.45, 2.75) is 38.4 Å². The molecule has 2 aromatic rings. The van der Waals surface area contributed by atoms with Crippen molar-refractivity contribution in [3.8, 4) is 0 Å². The topological polar surface area (TPSA) is 64.4 Å². The number of hydrogen-bond donors (Lipinski definition) is 0. The summed E-state index contributed by atoms with van der Waals surface area (Å²) < 4.78 is 6.77. The van der Waals surface area contributed by atoms with E-state index in [-0.39, 0.29) is 17.2 Å². The predicted molar refractivity (Wildman–Crippen MR) is 118 cm³/mol. The zero-order chi connectivity index (χ0) is 21.0. The first-order valence-corrected chi connectivity index (χ1v) is 11.3. The largest absolute Gasteiger partial charge is 0.385 e. The van der Waals surface area contributed by atoms with Gasteiger partial charge in [-0.2, -0.15) is 0 Å². The number of nitrogens with zero attached hydrogens (tertiary/aromatic N) is 3. The second-order valence-electron chi connectivity index (χ2n) is 7.89. The number of fused-ring (bicyclic) bond motifs is 1. The Balaban J connectivity index is 1.83. The van der Waals surface area contributed by atoms with Crippen molar-refractivity contribution in [1.29, 1.82) is 0 Å². The zero-order valence-electron chi connectivity index (χ0n) is 17.2. The summed E-state index contributed by atoms with van der Waals surface area (Å²) in [5.74, 6) is 1.39. The molecule has 29 heavy (non-hydrogen) atoms. The number of methoxy groups -OCH3 is 1. The van der Waals surface area contributed by atoms with E-state index in [0.29, 0.717) is 52.5 Å². The van der Waals surface area contributed by atoms with E-state index >= 15 is 0 Å². The van der Waals surface area contributed by atoms with Crippen molar-refractivity contribution in [2.24, 2.45) is 11.8 Å². The third-order valence-corrected chi connectivity index (χ3v) is 6.36. The Bertz CT molecular complexity index is 923. The Morgan fingerprint density at radius 2 is 2.03 bits per heavy atom. The summed E-state index contributed by atoms with van der Waals surface area (Å²) in [5, 5.41) is 1.61. The van der Waals surface area contributed by atoms with Gasteiger partial charge in [0, 0.05) is 38.4 Å². The fourth-order valence-electron chi connectivity index (χ4n) is 3.93. The molecule has 2 atom stereocenters. The van der Waals surface area contributed by atoms with E-state index in [4.69, 9.17) is 16.3 Å². The summed E-state index contributed by atoms with van der Waals surface area (Å²) in [6, 6.07) is 5.09. The van der Waals surface area contributed by atoms with E-state index in [1.165, 1.54) is 11.8 Å². The zero-order valence-corrected chi connectivity index (χ0v) is 18.8. The van der Waals surface area contributed by atoms with Gasteiger partial charge in [-0.1, -0.05) is 37.2 Å². The maximum absolute atomic E-state index is 13.0. The highest BCUT2D eigenvalue weighted by atomic mass is 35.5. The molecule has 2 heterocycles. The third kappa shape index (κ3) is 5.53. The molecule has 0 aliphatic carbocycles. The molecule has 158 valence electrons. The number of benzene rings is 1. The molecule has 6 nitrogen and oxygen atoms in total. The number of halogens is 1. The molecule has 1 amide bonds. The normalized spacial score (nSPS) is 19.7. The molecule has 2 unspecified atom stereocenters. The van der Waals surface area contributed by atoms with Gasteiger partial charge in [-0.15, -0.1) is 0 Å². The maximum atomic E-state index is 13.0. The van der Waals surface area contributed by atoms with Gasteiger partial charge in [-0.3, -0.25) is 14.2 Å². The lowest BCUT2D eigenvalue weighted by atomic mass is 9.92. The Morgan fingerprint density at radius 1 is 1.31 bits per heavy atom. The summed E-state index contributed by atoms with van der Waals surface area (Å²) >= 11 is 7.41. The van der Waals surface area contributed by atoms with Crippen LogP contribution in [0.4, 0.5) is 0 Å². The van der Waals surface area contributed by atoms with Crippen molar-refractivity contribution in [2.75, 3.05) is 32.6 Å². The van der Waals surface area contributed by atoms with Crippen molar-refractivity contribution in [3.05, 3.63) is 33.6 Å². The molecular formula is C21H28ClN3O3S. The average molecular weight is 438 g/mol. The molecule has 1 aromatic heterocycles. The van der Waals surface area contributed by atoms with Gasteiger partial charge >= 0.3 is 0 Å². The molecule has 8 heteroatoms. The highest BCUT2D eigenvalue weighted by Crippen LogP contribution is 2.24. The lowest BCUT2D eigenvalue weighted by Gasteiger charge is -2.35. The van der Waals surface area contributed by atoms with Gasteiger partial charge in [0.25, 0.3) is 5.56 Å². The second-order valence-corrected chi connectivity index (χ2v) is 9.27. The fraction of sp³-hybridized carbons (Fsp3) is 0.571. The molecule has 0 radical (unpaired) electrons. The molecule has 0 spiro atoms. The number of aromatic nitrogens is 2. The van der Waals surface area contributed by atoms with Crippen LogP contribution in [0.15, 0.2) is 28.2 Å². The Kier molecular flexibility index (Phi) is 7.60. The number of piperidine rings is 1. The number of likely N-dealkylation sites (tertiary alicyclic amines) is 1. The molecule has 1 aliphatic heterocycles. The molecule has 0 bridgehead atoms. The van der Waals surface area contributed by atoms with Crippen LogP contribution in [-0.4, -0.2) is 52.9 Å². The molecule has 1 aliphatic rings. The first kappa shape index (κ1) is 22.1. The number of carbonyl (C=O) groups excluding carboxylic acids is 1. The van der Waals surface area contributed by atoms with E-state index in [1.54, 1.807) is 29.9 Å². The van der Waals surface area contributed by atoms with Crippen molar-refractivity contribution in [3.63, 3.8) is 0 Å². The first-order valence-electron chi connectivity index (χ1n) is 9.98. The lowest BCUT2D eigenvalue weighted by Crippen LogP contribution is -2.43. The van der Waals surface area contributed by atoms with Crippen molar-refractivity contribution in [1.82, 2.24) is 14.5 Å². The van der Waals surface area contributed by atoms with Crippen LogP contribution in [0, 0.1) is 11.8 Å². The fourth-order valence-corrected chi connectivity index (χ4v) is 5.03. The predicted octanol–water partition coefficient (Wildman–Crippen LogP) is 3.68.